The highest BCUT2D eigenvalue weighted by Gasteiger charge is 2.14. The molecule has 146 valence electrons. The molecule has 0 unspecified atom stereocenters. The number of nitrogens with zero attached hydrogens (tertiary/aromatic N) is 2. The number of aromatic nitrogens is 2. The fourth-order valence-electron chi connectivity index (χ4n) is 2.46. The van der Waals surface area contributed by atoms with E-state index in [0.717, 1.165) is 11.3 Å². The van der Waals surface area contributed by atoms with Crippen molar-refractivity contribution >= 4 is 27.5 Å². The Morgan fingerprint density at radius 1 is 1.11 bits per heavy atom. The number of hydrogen-bond donors (Lipinski definition) is 2. The van der Waals surface area contributed by atoms with Gasteiger partial charge in [-0.05, 0) is 43.3 Å². The van der Waals surface area contributed by atoms with Gasteiger partial charge in [-0.3, -0.25) is 4.79 Å². The third-order valence-electron chi connectivity index (χ3n) is 3.93. The molecule has 0 radical (unpaired) electrons. The Hall–Kier alpha value is -2.68. The second-order valence-electron chi connectivity index (χ2n) is 6.09. The van der Waals surface area contributed by atoms with Crippen molar-refractivity contribution in [1.82, 2.24) is 19.8 Å². The predicted octanol–water partition coefficient (Wildman–Crippen LogP) is 2.54. The number of aryl methyl sites for hydroxylation is 1. The normalized spacial score (nSPS) is 11.4. The largest absolute Gasteiger partial charge is 0.349 e. The average molecular weight is 419 g/mol. The number of nitrogens with one attached hydrogen (secondary N) is 2. The van der Waals surface area contributed by atoms with Gasteiger partial charge < -0.3 is 5.32 Å². The van der Waals surface area contributed by atoms with Crippen molar-refractivity contribution < 1.29 is 13.2 Å². The molecule has 1 amide bonds. The van der Waals surface area contributed by atoms with Crippen LogP contribution in [0.3, 0.4) is 0 Å². The van der Waals surface area contributed by atoms with Crippen LogP contribution in [0.1, 0.15) is 16.1 Å². The van der Waals surface area contributed by atoms with Crippen LogP contribution in [0, 0.1) is 6.92 Å². The lowest BCUT2D eigenvalue weighted by Gasteiger charge is -2.08. The van der Waals surface area contributed by atoms with Gasteiger partial charge >= 0.3 is 0 Å². The first-order valence-corrected chi connectivity index (χ1v) is 10.4. The Labute approximate surface area is 168 Å². The SMILES string of the molecule is Cc1ccc(S(=O)(=O)NCCNC(=O)c2ccn(-c3cccc(Cl)c3)n2)cc1. The van der Waals surface area contributed by atoms with E-state index in [1.54, 1.807) is 59.4 Å². The van der Waals surface area contributed by atoms with E-state index in [-0.39, 0.29) is 23.7 Å². The monoisotopic (exact) mass is 418 g/mol. The van der Waals surface area contributed by atoms with E-state index >= 15 is 0 Å². The lowest BCUT2D eigenvalue weighted by Crippen LogP contribution is -2.34. The van der Waals surface area contributed by atoms with Crippen LogP contribution in [0.4, 0.5) is 0 Å². The lowest BCUT2D eigenvalue weighted by molar-refractivity contribution is 0.0949. The van der Waals surface area contributed by atoms with Gasteiger partial charge in [0.1, 0.15) is 0 Å². The topological polar surface area (TPSA) is 93.1 Å². The molecule has 2 aromatic carbocycles. The van der Waals surface area contributed by atoms with Crippen LogP contribution < -0.4 is 10.0 Å². The minimum atomic E-state index is -3.61. The van der Waals surface area contributed by atoms with E-state index in [1.165, 1.54) is 0 Å². The summed E-state index contributed by atoms with van der Waals surface area (Å²) < 4.78 is 28.4. The van der Waals surface area contributed by atoms with E-state index in [2.05, 4.69) is 15.1 Å². The number of carbonyl (C=O) groups is 1. The smallest absolute Gasteiger partial charge is 0.271 e. The molecule has 9 heteroatoms. The van der Waals surface area contributed by atoms with Crippen LogP contribution in [0.25, 0.3) is 5.69 Å². The lowest BCUT2D eigenvalue weighted by atomic mass is 10.2. The molecular formula is C19H19ClN4O3S. The van der Waals surface area contributed by atoms with Gasteiger partial charge in [-0.25, -0.2) is 17.8 Å². The van der Waals surface area contributed by atoms with E-state index in [4.69, 9.17) is 11.6 Å². The molecular weight excluding hydrogens is 400 g/mol. The zero-order chi connectivity index (χ0) is 20.1. The standard InChI is InChI=1S/C19H19ClN4O3S/c1-14-5-7-17(8-6-14)28(26,27)22-11-10-21-19(25)18-9-12-24(23-18)16-4-2-3-15(20)13-16/h2-9,12-13,22H,10-11H2,1H3,(H,21,25). The number of hydrogen-bond acceptors (Lipinski definition) is 4. The van der Waals surface area contributed by atoms with Crippen LogP contribution in [0.2, 0.25) is 5.02 Å². The molecule has 1 aromatic heterocycles. The zero-order valence-electron chi connectivity index (χ0n) is 15.1. The first-order valence-electron chi connectivity index (χ1n) is 8.51. The first-order chi connectivity index (χ1) is 13.3. The average Bonchev–Trinajstić information content (AvgIpc) is 3.16. The Balaban J connectivity index is 1.53. The van der Waals surface area contributed by atoms with E-state index < -0.39 is 15.9 Å². The van der Waals surface area contributed by atoms with Crippen molar-refractivity contribution in [3.05, 3.63) is 77.1 Å². The highest BCUT2D eigenvalue weighted by atomic mass is 35.5. The number of sulfonamides is 1. The van der Waals surface area contributed by atoms with Gasteiger partial charge in [0.2, 0.25) is 10.0 Å². The summed E-state index contributed by atoms with van der Waals surface area (Å²) in [6.45, 7) is 2.08. The summed E-state index contributed by atoms with van der Waals surface area (Å²) in [7, 11) is -3.61. The molecule has 7 nitrogen and oxygen atoms in total. The fraction of sp³-hybridized carbons (Fsp3) is 0.158. The summed E-state index contributed by atoms with van der Waals surface area (Å²) in [5.41, 5.74) is 1.93. The minimum Gasteiger partial charge on any atom is -0.349 e. The van der Waals surface area contributed by atoms with Crippen molar-refractivity contribution in [3.63, 3.8) is 0 Å². The third-order valence-corrected chi connectivity index (χ3v) is 5.64. The highest BCUT2D eigenvalue weighted by Crippen LogP contribution is 2.14. The van der Waals surface area contributed by atoms with Gasteiger partial charge in [-0.1, -0.05) is 35.4 Å². The number of carbonyl (C=O) groups excluding carboxylic acids is 1. The van der Waals surface area contributed by atoms with Crippen LogP contribution >= 0.6 is 11.6 Å². The molecule has 2 N–H and O–H groups in total. The molecule has 0 spiro atoms. The second-order valence-corrected chi connectivity index (χ2v) is 8.30. The molecule has 0 aliphatic heterocycles. The maximum absolute atomic E-state index is 12.2. The first kappa shape index (κ1) is 20.1. The summed E-state index contributed by atoms with van der Waals surface area (Å²) in [5.74, 6) is -0.393. The van der Waals surface area contributed by atoms with Gasteiger partial charge in [0.15, 0.2) is 5.69 Å². The van der Waals surface area contributed by atoms with E-state index in [0.29, 0.717) is 5.02 Å². The van der Waals surface area contributed by atoms with Crippen molar-refractivity contribution in [3.8, 4) is 5.69 Å². The van der Waals surface area contributed by atoms with Crippen molar-refractivity contribution in [2.75, 3.05) is 13.1 Å². The predicted molar refractivity (Wildman–Crippen MR) is 107 cm³/mol. The van der Waals surface area contributed by atoms with Crippen molar-refractivity contribution in [2.24, 2.45) is 0 Å². The van der Waals surface area contributed by atoms with Gasteiger partial charge in [0.05, 0.1) is 10.6 Å². The zero-order valence-corrected chi connectivity index (χ0v) is 16.7. The Kier molecular flexibility index (Phi) is 6.13. The van der Waals surface area contributed by atoms with Crippen LogP contribution in [-0.2, 0) is 10.0 Å². The summed E-state index contributed by atoms with van der Waals surface area (Å²) in [5, 5.41) is 7.42. The van der Waals surface area contributed by atoms with Crippen LogP contribution in [-0.4, -0.2) is 37.2 Å². The van der Waals surface area contributed by atoms with Crippen LogP contribution in [0.5, 0.6) is 0 Å². The second kappa shape index (κ2) is 8.55. The highest BCUT2D eigenvalue weighted by molar-refractivity contribution is 7.89. The number of amides is 1. The Bertz CT molecular complexity index is 1080. The summed E-state index contributed by atoms with van der Waals surface area (Å²) in [6, 6.07) is 15.2. The molecule has 0 saturated carbocycles. The summed E-state index contributed by atoms with van der Waals surface area (Å²) in [6.07, 6.45) is 1.65. The Morgan fingerprint density at radius 2 is 1.86 bits per heavy atom. The van der Waals surface area contributed by atoms with E-state index in [1.807, 2.05) is 13.0 Å². The van der Waals surface area contributed by atoms with E-state index in [9.17, 15) is 13.2 Å². The van der Waals surface area contributed by atoms with Crippen LogP contribution in [0.15, 0.2) is 65.7 Å². The van der Waals surface area contributed by atoms with Gasteiger partial charge in [0, 0.05) is 24.3 Å². The number of benzene rings is 2. The fourth-order valence-corrected chi connectivity index (χ4v) is 3.68. The number of halogens is 1. The van der Waals surface area contributed by atoms with Gasteiger partial charge in [-0.15, -0.1) is 0 Å². The molecule has 3 rings (SSSR count). The molecule has 0 fully saturated rings. The maximum atomic E-state index is 12.2. The molecule has 1 heterocycles. The minimum absolute atomic E-state index is 0.0664. The van der Waals surface area contributed by atoms with Crippen molar-refractivity contribution in [2.45, 2.75) is 11.8 Å². The molecule has 0 aliphatic rings. The molecule has 0 aliphatic carbocycles. The molecule has 3 aromatic rings. The van der Waals surface area contributed by atoms with Gasteiger partial charge in [0.25, 0.3) is 5.91 Å². The quantitative estimate of drug-likeness (QED) is 0.576. The van der Waals surface area contributed by atoms with Gasteiger partial charge in [-0.2, -0.15) is 5.10 Å². The molecule has 28 heavy (non-hydrogen) atoms. The number of rotatable bonds is 7. The molecule has 0 bridgehead atoms. The molecule has 0 saturated heterocycles. The van der Waals surface area contributed by atoms with Crippen molar-refractivity contribution in [1.29, 1.82) is 0 Å². The molecule has 0 atom stereocenters. The summed E-state index contributed by atoms with van der Waals surface area (Å²) in [4.78, 5) is 12.4. The maximum Gasteiger partial charge on any atom is 0.271 e. The summed E-state index contributed by atoms with van der Waals surface area (Å²) >= 11 is 5.96. The third kappa shape index (κ3) is 4.98. The Morgan fingerprint density at radius 3 is 2.57 bits per heavy atom.